The number of aromatic amines is 1. The third-order valence-electron chi connectivity index (χ3n) is 4.69. The van der Waals surface area contributed by atoms with Gasteiger partial charge in [-0.1, -0.05) is 19.8 Å². The zero-order chi connectivity index (χ0) is 18.5. The molecule has 1 aliphatic rings. The van der Waals surface area contributed by atoms with Crippen molar-refractivity contribution in [1.29, 1.82) is 0 Å². The maximum atomic E-state index is 12.7. The van der Waals surface area contributed by atoms with Gasteiger partial charge in [-0.3, -0.25) is 14.5 Å². The number of hydrogen-bond acceptors (Lipinski definition) is 5. The third-order valence-corrected chi connectivity index (χ3v) is 5.45. The number of nitrogens with two attached hydrogens (primary N) is 1. The van der Waals surface area contributed by atoms with E-state index in [0.717, 1.165) is 50.8 Å². The van der Waals surface area contributed by atoms with Gasteiger partial charge in [-0.2, -0.15) is 0 Å². The lowest BCUT2D eigenvalue weighted by molar-refractivity contribution is -0.122. The smallest absolute Gasteiger partial charge is 0.265 e. The van der Waals surface area contributed by atoms with Crippen LogP contribution < -0.4 is 11.1 Å². The van der Waals surface area contributed by atoms with Crippen LogP contribution in [0.4, 0.5) is 5.13 Å². The SMILES string of the molecule is CCCCN1CCCCC1C(=O)Nc1nc(-c2c[nH]c(C(N)=O)c2)cs1. The summed E-state index contributed by atoms with van der Waals surface area (Å²) in [5.74, 6) is -0.488. The van der Waals surface area contributed by atoms with Crippen LogP contribution in [0.25, 0.3) is 11.3 Å². The van der Waals surface area contributed by atoms with Crippen molar-refractivity contribution in [2.24, 2.45) is 5.73 Å². The molecule has 0 radical (unpaired) electrons. The molecule has 3 rings (SSSR count). The highest BCUT2D eigenvalue weighted by atomic mass is 32.1. The average Bonchev–Trinajstić information content (AvgIpc) is 3.29. The molecule has 3 heterocycles. The first-order chi connectivity index (χ1) is 12.6. The molecule has 1 atom stereocenters. The number of nitrogens with zero attached hydrogens (tertiary/aromatic N) is 2. The number of primary amides is 1. The van der Waals surface area contributed by atoms with Crippen LogP contribution in [0.15, 0.2) is 17.6 Å². The molecule has 140 valence electrons. The van der Waals surface area contributed by atoms with Gasteiger partial charge in [-0.15, -0.1) is 11.3 Å². The van der Waals surface area contributed by atoms with E-state index in [2.05, 4.69) is 27.1 Å². The standard InChI is InChI=1S/C18H25N5O2S/c1-2-3-7-23-8-5-4-6-15(23)17(25)22-18-21-14(11-26-18)12-9-13(16(19)24)20-10-12/h9-11,15,20H,2-8H2,1H3,(H2,19,24)(H,21,22,25). The maximum Gasteiger partial charge on any atom is 0.265 e. The van der Waals surface area contributed by atoms with Crippen molar-refractivity contribution < 1.29 is 9.59 Å². The summed E-state index contributed by atoms with van der Waals surface area (Å²) in [5, 5.41) is 5.40. The molecule has 2 amide bonds. The Morgan fingerprint density at radius 2 is 2.31 bits per heavy atom. The van der Waals surface area contributed by atoms with Gasteiger partial charge < -0.3 is 16.0 Å². The fourth-order valence-corrected chi connectivity index (χ4v) is 3.98. The minimum atomic E-state index is -0.510. The lowest BCUT2D eigenvalue weighted by atomic mass is 10.0. The predicted molar refractivity (Wildman–Crippen MR) is 103 cm³/mol. The van der Waals surface area contributed by atoms with E-state index < -0.39 is 5.91 Å². The molecule has 7 nitrogen and oxygen atoms in total. The molecule has 8 heteroatoms. The van der Waals surface area contributed by atoms with Crippen LogP contribution in [0.5, 0.6) is 0 Å². The number of carbonyl (C=O) groups is 2. The van der Waals surface area contributed by atoms with Crippen LogP contribution in [-0.2, 0) is 4.79 Å². The van der Waals surface area contributed by atoms with Crippen LogP contribution in [0.2, 0.25) is 0 Å². The summed E-state index contributed by atoms with van der Waals surface area (Å²) in [6.07, 6.45) is 7.07. The van der Waals surface area contributed by atoms with Crippen molar-refractivity contribution in [3.63, 3.8) is 0 Å². The quantitative estimate of drug-likeness (QED) is 0.692. The Kier molecular flexibility index (Phi) is 6.05. The number of rotatable bonds is 7. The van der Waals surface area contributed by atoms with E-state index in [0.29, 0.717) is 16.5 Å². The van der Waals surface area contributed by atoms with Crippen LogP contribution in [0.1, 0.15) is 49.5 Å². The normalized spacial score (nSPS) is 18.0. The molecule has 1 aliphatic heterocycles. The van der Waals surface area contributed by atoms with Crippen molar-refractivity contribution in [2.75, 3.05) is 18.4 Å². The number of nitrogens with one attached hydrogen (secondary N) is 2. The van der Waals surface area contributed by atoms with Crippen LogP contribution in [0, 0.1) is 0 Å². The Bertz CT molecular complexity index is 769. The number of carbonyl (C=O) groups excluding carboxylic acids is 2. The van der Waals surface area contributed by atoms with E-state index in [1.165, 1.54) is 11.3 Å². The molecule has 26 heavy (non-hydrogen) atoms. The fourth-order valence-electron chi connectivity index (χ4n) is 3.25. The number of aromatic nitrogens is 2. The molecule has 1 unspecified atom stereocenters. The monoisotopic (exact) mass is 375 g/mol. The molecule has 0 aliphatic carbocycles. The summed E-state index contributed by atoms with van der Waals surface area (Å²) in [5.41, 5.74) is 7.08. The van der Waals surface area contributed by atoms with Gasteiger partial charge in [-0.05, 0) is 38.4 Å². The Labute approximate surface area is 157 Å². The Morgan fingerprint density at radius 3 is 3.04 bits per heavy atom. The molecule has 0 bridgehead atoms. The maximum absolute atomic E-state index is 12.7. The first-order valence-corrected chi connectivity index (χ1v) is 9.95. The number of H-pyrrole nitrogens is 1. The molecule has 4 N–H and O–H groups in total. The first kappa shape index (κ1) is 18.6. The molecular formula is C18H25N5O2S. The zero-order valence-corrected chi connectivity index (χ0v) is 15.8. The molecule has 2 aromatic rings. The molecule has 1 saturated heterocycles. The first-order valence-electron chi connectivity index (χ1n) is 9.07. The summed E-state index contributed by atoms with van der Waals surface area (Å²) in [4.78, 5) is 33.5. The van der Waals surface area contributed by atoms with Crippen LogP contribution >= 0.6 is 11.3 Å². The molecule has 0 aromatic carbocycles. The van der Waals surface area contributed by atoms with Gasteiger partial charge in [0.25, 0.3) is 5.91 Å². The lowest BCUT2D eigenvalue weighted by Crippen LogP contribution is -2.47. The lowest BCUT2D eigenvalue weighted by Gasteiger charge is -2.34. The van der Waals surface area contributed by atoms with Crippen molar-refractivity contribution in [1.82, 2.24) is 14.9 Å². The molecule has 0 spiro atoms. The molecular weight excluding hydrogens is 350 g/mol. The predicted octanol–water partition coefficient (Wildman–Crippen LogP) is 2.83. The minimum Gasteiger partial charge on any atom is -0.364 e. The minimum absolute atomic E-state index is 0.0218. The number of unbranched alkanes of at least 4 members (excludes halogenated alkanes) is 1. The van der Waals surface area contributed by atoms with E-state index in [1.54, 1.807) is 12.3 Å². The molecule has 2 aromatic heterocycles. The van der Waals surface area contributed by atoms with Crippen LogP contribution in [0.3, 0.4) is 0 Å². The largest absolute Gasteiger partial charge is 0.364 e. The van der Waals surface area contributed by atoms with Gasteiger partial charge in [0.15, 0.2) is 5.13 Å². The van der Waals surface area contributed by atoms with Crippen molar-refractivity contribution in [3.8, 4) is 11.3 Å². The van der Waals surface area contributed by atoms with Crippen molar-refractivity contribution >= 4 is 28.3 Å². The van der Waals surface area contributed by atoms with Gasteiger partial charge in [0.1, 0.15) is 5.69 Å². The molecule has 1 fully saturated rings. The number of thiazole rings is 1. The van der Waals surface area contributed by atoms with Gasteiger partial charge in [0.05, 0.1) is 11.7 Å². The Balaban J connectivity index is 1.65. The number of amides is 2. The van der Waals surface area contributed by atoms with Gasteiger partial charge in [-0.25, -0.2) is 4.98 Å². The number of hydrogen-bond donors (Lipinski definition) is 3. The number of likely N-dealkylation sites (tertiary alicyclic amines) is 1. The third kappa shape index (κ3) is 4.31. The molecule has 0 saturated carbocycles. The summed E-state index contributed by atoms with van der Waals surface area (Å²) in [6.45, 7) is 4.12. The second-order valence-electron chi connectivity index (χ2n) is 6.59. The second-order valence-corrected chi connectivity index (χ2v) is 7.45. The summed E-state index contributed by atoms with van der Waals surface area (Å²) >= 11 is 1.38. The highest BCUT2D eigenvalue weighted by Gasteiger charge is 2.28. The summed E-state index contributed by atoms with van der Waals surface area (Å²) in [7, 11) is 0. The fraction of sp³-hybridized carbons (Fsp3) is 0.500. The highest BCUT2D eigenvalue weighted by molar-refractivity contribution is 7.14. The second kappa shape index (κ2) is 8.46. The van der Waals surface area contributed by atoms with Gasteiger partial charge in [0, 0.05) is 17.1 Å². The van der Waals surface area contributed by atoms with E-state index >= 15 is 0 Å². The Morgan fingerprint density at radius 1 is 1.46 bits per heavy atom. The summed E-state index contributed by atoms with van der Waals surface area (Å²) in [6, 6.07) is 1.59. The van der Waals surface area contributed by atoms with Crippen LogP contribution in [-0.4, -0.2) is 45.8 Å². The number of piperidine rings is 1. The van der Waals surface area contributed by atoms with E-state index in [4.69, 9.17) is 5.73 Å². The van der Waals surface area contributed by atoms with Gasteiger partial charge >= 0.3 is 0 Å². The topological polar surface area (TPSA) is 104 Å². The summed E-state index contributed by atoms with van der Waals surface area (Å²) < 4.78 is 0. The van der Waals surface area contributed by atoms with E-state index in [9.17, 15) is 9.59 Å². The average molecular weight is 375 g/mol. The van der Waals surface area contributed by atoms with E-state index in [1.807, 2.05) is 5.38 Å². The van der Waals surface area contributed by atoms with Gasteiger partial charge in [0.2, 0.25) is 5.91 Å². The van der Waals surface area contributed by atoms with E-state index in [-0.39, 0.29) is 11.9 Å². The van der Waals surface area contributed by atoms with Crippen molar-refractivity contribution in [2.45, 2.75) is 45.1 Å². The Hall–Kier alpha value is -2.19. The highest BCUT2D eigenvalue weighted by Crippen LogP contribution is 2.26. The zero-order valence-electron chi connectivity index (χ0n) is 15.0. The number of anilines is 1. The van der Waals surface area contributed by atoms with Crippen molar-refractivity contribution in [3.05, 3.63) is 23.3 Å².